The van der Waals surface area contributed by atoms with Crippen LogP contribution in [0.2, 0.25) is 0 Å². The molecule has 0 aromatic heterocycles. The molecule has 16 heavy (non-hydrogen) atoms. The monoisotopic (exact) mass is 219 g/mol. The Labute approximate surface area is 98.0 Å². The summed E-state index contributed by atoms with van der Waals surface area (Å²) >= 11 is 0. The van der Waals surface area contributed by atoms with E-state index in [4.69, 9.17) is 4.74 Å². The van der Waals surface area contributed by atoms with Gasteiger partial charge in [-0.25, -0.2) is 0 Å². The van der Waals surface area contributed by atoms with E-state index in [0.717, 1.165) is 18.9 Å². The smallest absolute Gasteiger partial charge is 0.0477 e. The van der Waals surface area contributed by atoms with Crippen LogP contribution in [-0.2, 0) is 11.2 Å². The average Bonchev–Trinajstić information content (AvgIpc) is 2.30. The Bertz CT molecular complexity index is 337. The van der Waals surface area contributed by atoms with Crippen molar-refractivity contribution in [2.24, 2.45) is 0 Å². The minimum Gasteiger partial charge on any atom is -0.385 e. The van der Waals surface area contributed by atoms with Gasteiger partial charge in [0.1, 0.15) is 0 Å². The second-order valence-corrected chi connectivity index (χ2v) is 4.60. The molecule has 0 heterocycles. The van der Waals surface area contributed by atoms with Crippen LogP contribution in [-0.4, -0.2) is 26.8 Å². The van der Waals surface area contributed by atoms with E-state index in [1.807, 2.05) is 7.05 Å². The third kappa shape index (κ3) is 2.45. The largest absolute Gasteiger partial charge is 0.385 e. The van der Waals surface area contributed by atoms with Crippen molar-refractivity contribution in [3.05, 3.63) is 35.4 Å². The lowest BCUT2D eigenvalue weighted by molar-refractivity contribution is 0.180. The standard InChI is InChI=1S/C14H21NO/c1-15-13(7-8-16-2)10-12-9-11-5-3-4-6-14(11)12/h3-6,12-13,15H,7-10H2,1-2H3. The van der Waals surface area contributed by atoms with Crippen LogP contribution in [0.4, 0.5) is 0 Å². The summed E-state index contributed by atoms with van der Waals surface area (Å²) in [6.07, 6.45) is 3.59. The summed E-state index contributed by atoms with van der Waals surface area (Å²) in [7, 11) is 3.82. The molecule has 1 N–H and O–H groups in total. The molecular weight excluding hydrogens is 198 g/mol. The molecule has 1 aliphatic rings. The third-order valence-corrected chi connectivity index (χ3v) is 3.61. The van der Waals surface area contributed by atoms with Crippen molar-refractivity contribution < 1.29 is 4.74 Å². The lowest BCUT2D eigenvalue weighted by Gasteiger charge is -2.33. The maximum atomic E-state index is 5.14. The second-order valence-electron chi connectivity index (χ2n) is 4.60. The molecule has 0 spiro atoms. The minimum atomic E-state index is 0.582. The van der Waals surface area contributed by atoms with Gasteiger partial charge in [-0.2, -0.15) is 0 Å². The number of benzene rings is 1. The van der Waals surface area contributed by atoms with Crippen LogP contribution >= 0.6 is 0 Å². The molecule has 0 saturated carbocycles. The van der Waals surface area contributed by atoms with Crippen LogP contribution in [0.15, 0.2) is 24.3 Å². The highest BCUT2D eigenvalue weighted by molar-refractivity contribution is 5.39. The molecule has 0 saturated heterocycles. The van der Waals surface area contributed by atoms with E-state index in [1.54, 1.807) is 12.7 Å². The van der Waals surface area contributed by atoms with Crippen molar-refractivity contribution in [2.45, 2.75) is 31.2 Å². The Morgan fingerprint density at radius 2 is 2.25 bits per heavy atom. The minimum absolute atomic E-state index is 0.582. The van der Waals surface area contributed by atoms with Crippen LogP contribution < -0.4 is 5.32 Å². The lowest BCUT2D eigenvalue weighted by atomic mass is 9.74. The Morgan fingerprint density at radius 1 is 1.44 bits per heavy atom. The van der Waals surface area contributed by atoms with Gasteiger partial charge >= 0.3 is 0 Å². The Hall–Kier alpha value is -0.860. The predicted molar refractivity (Wildman–Crippen MR) is 66.8 cm³/mol. The van der Waals surface area contributed by atoms with Crippen molar-refractivity contribution in [1.82, 2.24) is 5.32 Å². The molecule has 88 valence electrons. The summed E-state index contributed by atoms with van der Waals surface area (Å²) in [6.45, 7) is 0.847. The Balaban J connectivity index is 1.87. The number of methoxy groups -OCH3 is 1. The van der Waals surface area contributed by atoms with Gasteiger partial charge in [-0.3, -0.25) is 0 Å². The number of rotatable bonds is 6. The highest BCUT2D eigenvalue weighted by Crippen LogP contribution is 2.38. The number of hydrogen-bond donors (Lipinski definition) is 1. The molecule has 0 amide bonds. The van der Waals surface area contributed by atoms with Gasteiger partial charge in [0.25, 0.3) is 0 Å². The van der Waals surface area contributed by atoms with Gasteiger partial charge in [-0.15, -0.1) is 0 Å². The summed E-state index contributed by atoms with van der Waals surface area (Å²) in [4.78, 5) is 0. The highest BCUT2D eigenvalue weighted by atomic mass is 16.5. The van der Waals surface area contributed by atoms with Crippen molar-refractivity contribution in [2.75, 3.05) is 20.8 Å². The van der Waals surface area contributed by atoms with Gasteiger partial charge in [-0.05, 0) is 43.4 Å². The molecule has 1 aromatic rings. The molecule has 2 nitrogen and oxygen atoms in total. The van der Waals surface area contributed by atoms with E-state index in [0.29, 0.717) is 6.04 Å². The molecule has 1 aromatic carbocycles. The van der Waals surface area contributed by atoms with Crippen LogP contribution in [0.3, 0.4) is 0 Å². The lowest BCUT2D eigenvalue weighted by Crippen LogP contribution is -2.31. The van der Waals surface area contributed by atoms with E-state index < -0.39 is 0 Å². The maximum absolute atomic E-state index is 5.14. The van der Waals surface area contributed by atoms with Crippen LogP contribution in [0.5, 0.6) is 0 Å². The van der Waals surface area contributed by atoms with Crippen LogP contribution in [0.1, 0.15) is 29.9 Å². The van der Waals surface area contributed by atoms with Crippen molar-refractivity contribution in [3.8, 4) is 0 Å². The van der Waals surface area contributed by atoms with Gasteiger partial charge in [-0.1, -0.05) is 24.3 Å². The second kappa shape index (κ2) is 5.46. The zero-order chi connectivity index (χ0) is 11.4. The molecule has 0 fully saturated rings. The van der Waals surface area contributed by atoms with Gasteiger partial charge < -0.3 is 10.1 Å². The van der Waals surface area contributed by atoms with Gasteiger partial charge in [0.15, 0.2) is 0 Å². The quantitative estimate of drug-likeness (QED) is 0.793. The fourth-order valence-electron chi connectivity index (χ4n) is 2.56. The summed E-state index contributed by atoms with van der Waals surface area (Å²) in [6, 6.07) is 9.38. The summed E-state index contributed by atoms with van der Waals surface area (Å²) in [5, 5.41) is 3.39. The summed E-state index contributed by atoms with van der Waals surface area (Å²) < 4.78 is 5.14. The third-order valence-electron chi connectivity index (χ3n) is 3.61. The van der Waals surface area contributed by atoms with Crippen molar-refractivity contribution >= 4 is 0 Å². The maximum Gasteiger partial charge on any atom is 0.0477 e. The van der Waals surface area contributed by atoms with E-state index in [-0.39, 0.29) is 0 Å². The van der Waals surface area contributed by atoms with E-state index >= 15 is 0 Å². The van der Waals surface area contributed by atoms with E-state index in [1.165, 1.54) is 18.4 Å². The van der Waals surface area contributed by atoms with Gasteiger partial charge in [0, 0.05) is 19.8 Å². The Kier molecular flexibility index (Phi) is 3.97. The molecule has 0 radical (unpaired) electrons. The normalized spacial score (nSPS) is 20.0. The molecule has 1 aliphatic carbocycles. The number of nitrogens with one attached hydrogen (secondary N) is 1. The van der Waals surface area contributed by atoms with Crippen molar-refractivity contribution in [1.29, 1.82) is 0 Å². The van der Waals surface area contributed by atoms with Gasteiger partial charge in [0.05, 0.1) is 0 Å². The zero-order valence-corrected chi connectivity index (χ0v) is 10.2. The molecular formula is C14H21NO. The molecule has 2 rings (SSSR count). The van der Waals surface area contributed by atoms with Crippen LogP contribution in [0, 0.1) is 0 Å². The molecule has 0 aliphatic heterocycles. The topological polar surface area (TPSA) is 21.3 Å². The molecule has 2 unspecified atom stereocenters. The highest BCUT2D eigenvalue weighted by Gasteiger charge is 2.27. The fraction of sp³-hybridized carbons (Fsp3) is 0.571. The first kappa shape index (κ1) is 11.6. The van der Waals surface area contributed by atoms with E-state index in [2.05, 4.69) is 29.6 Å². The number of hydrogen-bond acceptors (Lipinski definition) is 2. The summed E-state index contributed by atoms with van der Waals surface area (Å²) in [5.41, 5.74) is 3.09. The first-order chi connectivity index (χ1) is 7.85. The zero-order valence-electron chi connectivity index (χ0n) is 10.2. The predicted octanol–water partition coefficient (Wildman–Crippen LogP) is 2.34. The summed E-state index contributed by atoms with van der Waals surface area (Å²) in [5.74, 6) is 0.755. The van der Waals surface area contributed by atoms with Crippen molar-refractivity contribution in [3.63, 3.8) is 0 Å². The van der Waals surface area contributed by atoms with Gasteiger partial charge in [0.2, 0.25) is 0 Å². The molecule has 2 atom stereocenters. The fourth-order valence-corrected chi connectivity index (χ4v) is 2.56. The SMILES string of the molecule is CNC(CCOC)CC1Cc2ccccc21. The Morgan fingerprint density at radius 3 is 2.94 bits per heavy atom. The number of ether oxygens (including phenoxy) is 1. The van der Waals surface area contributed by atoms with Crippen LogP contribution in [0.25, 0.3) is 0 Å². The first-order valence-corrected chi connectivity index (χ1v) is 6.09. The average molecular weight is 219 g/mol. The molecule has 0 bridgehead atoms. The first-order valence-electron chi connectivity index (χ1n) is 6.09. The van der Waals surface area contributed by atoms with E-state index in [9.17, 15) is 0 Å². The number of fused-ring (bicyclic) bond motifs is 1. The molecule has 2 heteroatoms.